The number of carbonyl (C=O) groups is 3. The van der Waals surface area contributed by atoms with Gasteiger partial charge in [-0.25, -0.2) is 4.79 Å². The average molecular weight is 432 g/mol. The fourth-order valence-electron chi connectivity index (χ4n) is 2.86. The van der Waals surface area contributed by atoms with Gasteiger partial charge in [-0.3, -0.25) is 19.4 Å². The highest BCUT2D eigenvalue weighted by molar-refractivity contribution is 5.96. The summed E-state index contributed by atoms with van der Waals surface area (Å²) in [4.78, 5) is 56.8. The Kier molecular flexibility index (Phi) is 4.60. The van der Waals surface area contributed by atoms with Crippen LogP contribution in [0.1, 0.15) is 41.1 Å². The molecule has 1 aromatic carbocycles. The number of nitrogens with two attached hydrogens (primary N) is 1. The van der Waals surface area contributed by atoms with Gasteiger partial charge in [0.1, 0.15) is 11.7 Å². The van der Waals surface area contributed by atoms with Crippen LogP contribution >= 0.6 is 0 Å². The molecular weight excluding hydrogens is 406 g/mol. The van der Waals surface area contributed by atoms with Gasteiger partial charge in [-0.05, 0) is 42.5 Å². The molecule has 11 heteroatoms. The SMILES string of the molecule is [2H]C([2H])(C(=O)O)C([2H])([2H])[C@]([2H])(NC(=O)c1ccc(CCc2c[nH]c3nc(N)[nH]c(=O)c23)cc1)C(=O)O. The molecule has 31 heavy (non-hydrogen) atoms. The molecule has 0 radical (unpaired) electrons. The number of hydrogen-bond donors (Lipinski definition) is 6. The van der Waals surface area contributed by atoms with Gasteiger partial charge < -0.3 is 26.2 Å². The number of aromatic amines is 2. The maximum Gasteiger partial charge on any atom is 0.326 e. The van der Waals surface area contributed by atoms with E-state index in [0.29, 0.717) is 35.0 Å². The Labute approximate surface area is 182 Å². The van der Waals surface area contributed by atoms with Crippen LogP contribution in [0.5, 0.6) is 0 Å². The van der Waals surface area contributed by atoms with E-state index in [0.717, 1.165) is 0 Å². The van der Waals surface area contributed by atoms with Crippen LogP contribution in [0.4, 0.5) is 5.95 Å². The van der Waals surface area contributed by atoms with Crippen molar-refractivity contribution in [2.24, 2.45) is 0 Å². The van der Waals surface area contributed by atoms with Crippen molar-refractivity contribution in [1.82, 2.24) is 20.3 Å². The van der Waals surface area contributed by atoms with E-state index in [9.17, 15) is 24.3 Å². The molecule has 0 spiro atoms. The molecule has 3 rings (SSSR count). The number of nitrogen functional groups attached to an aromatic ring is 1. The third-order valence-electron chi connectivity index (χ3n) is 4.29. The summed E-state index contributed by atoms with van der Waals surface area (Å²) >= 11 is 0. The number of aliphatic carboxylic acids is 2. The van der Waals surface area contributed by atoms with Gasteiger partial charge in [0, 0.05) is 23.6 Å². The summed E-state index contributed by atoms with van der Waals surface area (Å²) in [5, 5.41) is 20.3. The van der Waals surface area contributed by atoms with Crippen LogP contribution in [-0.4, -0.2) is 49.0 Å². The molecular formula is C20H21N5O6. The zero-order valence-corrected chi connectivity index (χ0v) is 15.9. The summed E-state index contributed by atoms with van der Waals surface area (Å²) in [7, 11) is 0. The van der Waals surface area contributed by atoms with E-state index in [4.69, 9.17) is 17.7 Å². The van der Waals surface area contributed by atoms with E-state index < -0.39 is 42.2 Å². The number of H-pyrrole nitrogens is 2. The summed E-state index contributed by atoms with van der Waals surface area (Å²) < 4.78 is 38.2. The molecule has 1 atom stereocenters. The smallest absolute Gasteiger partial charge is 0.326 e. The molecule has 3 aromatic rings. The third kappa shape index (κ3) is 5.26. The summed E-state index contributed by atoms with van der Waals surface area (Å²) in [6.45, 7) is 0. The molecule has 0 saturated heterocycles. The van der Waals surface area contributed by atoms with Crippen LogP contribution in [0.15, 0.2) is 35.3 Å². The lowest BCUT2D eigenvalue weighted by atomic mass is 10.0. The van der Waals surface area contributed by atoms with Gasteiger partial charge in [-0.2, -0.15) is 4.98 Å². The lowest BCUT2D eigenvalue weighted by Crippen LogP contribution is -2.41. The number of hydrogen-bond acceptors (Lipinski definition) is 6. The first-order chi connectivity index (χ1) is 16.6. The molecule has 1 amide bonds. The number of carboxylic acids is 2. The number of aryl methyl sites for hydroxylation is 2. The maximum atomic E-state index is 12.6. The number of carbonyl (C=O) groups excluding carboxylic acids is 1. The van der Waals surface area contributed by atoms with Gasteiger partial charge in [-0.15, -0.1) is 0 Å². The Hall–Kier alpha value is -4.15. The molecule has 0 aliphatic heterocycles. The first kappa shape index (κ1) is 15.7. The first-order valence-electron chi connectivity index (χ1n) is 11.4. The number of rotatable bonds is 9. The molecule has 0 fully saturated rings. The van der Waals surface area contributed by atoms with Crippen LogP contribution in [0.25, 0.3) is 11.0 Å². The van der Waals surface area contributed by atoms with E-state index in [-0.39, 0.29) is 11.5 Å². The van der Waals surface area contributed by atoms with E-state index in [1.807, 2.05) is 0 Å². The topological polar surface area (TPSA) is 191 Å². The van der Waals surface area contributed by atoms with Crippen LogP contribution in [-0.2, 0) is 22.4 Å². The van der Waals surface area contributed by atoms with Gasteiger partial charge in [-0.1, -0.05) is 12.1 Å². The van der Waals surface area contributed by atoms with Gasteiger partial charge in [0.15, 0.2) is 0 Å². The second-order valence-electron chi connectivity index (χ2n) is 6.38. The van der Waals surface area contributed by atoms with Crippen LogP contribution in [0.3, 0.4) is 0 Å². The number of benzene rings is 1. The summed E-state index contributed by atoms with van der Waals surface area (Å²) in [5.74, 6) is -5.87. The predicted octanol–water partition coefficient (Wildman–Crippen LogP) is 0.666. The van der Waals surface area contributed by atoms with E-state index in [1.54, 1.807) is 11.5 Å². The number of aromatic nitrogens is 3. The predicted molar refractivity (Wildman–Crippen MR) is 111 cm³/mol. The summed E-state index contributed by atoms with van der Waals surface area (Å²) in [6.07, 6.45) is -5.20. The van der Waals surface area contributed by atoms with Gasteiger partial charge in [0.25, 0.3) is 11.5 Å². The summed E-state index contributed by atoms with van der Waals surface area (Å²) in [5.41, 5.74) is 6.68. The van der Waals surface area contributed by atoms with Crippen molar-refractivity contribution in [3.8, 4) is 0 Å². The van der Waals surface area contributed by atoms with Crippen LogP contribution in [0.2, 0.25) is 0 Å². The summed E-state index contributed by atoms with van der Waals surface area (Å²) in [6, 6.07) is 1.92. The third-order valence-corrected chi connectivity index (χ3v) is 4.29. The van der Waals surface area contributed by atoms with Gasteiger partial charge in [0.05, 0.1) is 6.76 Å². The second kappa shape index (κ2) is 9.11. The normalized spacial score (nSPS) is 16.2. The molecule has 0 bridgehead atoms. The molecule has 11 nitrogen and oxygen atoms in total. The van der Waals surface area contributed by atoms with Gasteiger partial charge >= 0.3 is 11.9 Å². The fraction of sp³-hybridized carbons (Fsp3) is 0.250. The monoisotopic (exact) mass is 432 g/mol. The van der Waals surface area contributed by atoms with Crippen molar-refractivity contribution in [3.05, 3.63) is 57.5 Å². The largest absolute Gasteiger partial charge is 0.481 e. The number of anilines is 1. The van der Waals surface area contributed by atoms with E-state index in [1.165, 1.54) is 24.3 Å². The zero-order chi connectivity index (χ0) is 27.1. The molecule has 0 aliphatic carbocycles. The minimum Gasteiger partial charge on any atom is -0.481 e. The highest BCUT2D eigenvalue weighted by atomic mass is 16.4. The quantitative estimate of drug-likeness (QED) is 0.284. The highest BCUT2D eigenvalue weighted by Crippen LogP contribution is 2.16. The molecule has 162 valence electrons. The Balaban J connectivity index is 1.77. The molecule has 2 aromatic heterocycles. The molecule has 7 N–H and O–H groups in total. The van der Waals surface area contributed by atoms with Crippen molar-refractivity contribution >= 4 is 34.8 Å². The van der Waals surface area contributed by atoms with Crippen molar-refractivity contribution < 1.29 is 31.5 Å². The standard InChI is InChI=1S/C20H21N5O6/c21-20-24-16-15(18(29)25-20)12(9-22-16)6-3-10-1-4-11(5-2-10)17(28)23-13(19(30)31)7-8-14(26)27/h1-2,4-5,9,13H,3,6-8H2,(H,23,28)(H,26,27)(H,30,31)(H4,21,22,24,25,29)/t13-/m0/s1/i7D2,8D2,13D. The lowest BCUT2D eigenvalue weighted by Gasteiger charge is -2.13. The Morgan fingerprint density at radius 2 is 1.94 bits per heavy atom. The van der Waals surface area contributed by atoms with Crippen molar-refractivity contribution in [2.45, 2.75) is 31.6 Å². The first-order valence-corrected chi connectivity index (χ1v) is 8.86. The van der Waals surface area contributed by atoms with Crippen molar-refractivity contribution in [2.75, 3.05) is 5.73 Å². The number of fused-ring (bicyclic) bond motifs is 1. The number of carboxylic acid groups (broad SMARTS) is 2. The van der Waals surface area contributed by atoms with E-state index in [2.05, 4.69) is 15.0 Å². The van der Waals surface area contributed by atoms with Crippen LogP contribution < -0.4 is 16.6 Å². The number of nitrogens with zero attached hydrogens (tertiary/aromatic N) is 1. The molecule has 2 heterocycles. The van der Waals surface area contributed by atoms with Crippen molar-refractivity contribution in [1.29, 1.82) is 0 Å². The average Bonchev–Trinajstić information content (AvgIpc) is 3.20. The number of amides is 1. The molecule has 0 saturated carbocycles. The minimum atomic E-state index is -3.86. The number of nitrogens with one attached hydrogen (secondary N) is 3. The van der Waals surface area contributed by atoms with E-state index >= 15 is 0 Å². The van der Waals surface area contributed by atoms with Crippen molar-refractivity contribution in [3.63, 3.8) is 0 Å². The molecule has 0 unspecified atom stereocenters. The van der Waals surface area contributed by atoms with Gasteiger partial charge in [0.2, 0.25) is 5.95 Å². The molecule has 0 aliphatic rings. The Bertz CT molecular complexity index is 1400. The second-order valence-corrected chi connectivity index (χ2v) is 6.38. The Morgan fingerprint density at radius 1 is 1.23 bits per heavy atom. The lowest BCUT2D eigenvalue weighted by molar-refractivity contribution is -0.140. The fourth-order valence-corrected chi connectivity index (χ4v) is 2.86. The minimum absolute atomic E-state index is 0.0264. The highest BCUT2D eigenvalue weighted by Gasteiger charge is 2.21. The maximum absolute atomic E-state index is 12.6. The Morgan fingerprint density at radius 3 is 2.58 bits per heavy atom. The zero-order valence-electron chi connectivity index (χ0n) is 20.9. The van der Waals surface area contributed by atoms with Crippen LogP contribution in [0, 0.1) is 0 Å².